The van der Waals surface area contributed by atoms with E-state index in [1.165, 1.54) is 5.69 Å². The van der Waals surface area contributed by atoms with Crippen LogP contribution in [0.2, 0.25) is 0 Å². The minimum atomic E-state index is 0.445. The number of hydrogen-bond acceptors (Lipinski definition) is 5. The van der Waals surface area contributed by atoms with Gasteiger partial charge < -0.3 is 15.8 Å². The summed E-state index contributed by atoms with van der Waals surface area (Å²) in [4.78, 5) is 4.25. The Morgan fingerprint density at radius 2 is 2.22 bits per heavy atom. The average Bonchev–Trinajstić information content (AvgIpc) is 2.77. The van der Waals surface area contributed by atoms with Crippen LogP contribution in [0, 0.1) is 0 Å². The van der Waals surface area contributed by atoms with Crippen LogP contribution in [0.15, 0.2) is 24.4 Å². The summed E-state index contributed by atoms with van der Waals surface area (Å²) in [5.41, 5.74) is 7.41. The second-order valence-corrected chi connectivity index (χ2v) is 3.92. The number of nitrogens with two attached hydrogens (primary N) is 1. The Morgan fingerprint density at radius 3 is 2.89 bits per heavy atom. The molecule has 96 valence electrons. The molecule has 18 heavy (non-hydrogen) atoms. The smallest absolute Gasteiger partial charge is 0.238 e. The number of aryl methyl sites for hydroxylation is 1. The van der Waals surface area contributed by atoms with Crippen LogP contribution in [0.5, 0.6) is 5.88 Å². The van der Waals surface area contributed by atoms with Gasteiger partial charge in [0.2, 0.25) is 5.88 Å². The van der Waals surface area contributed by atoms with Crippen LogP contribution in [0.1, 0.15) is 5.69 Å². The van der Waals surface area contributed by atoms with E-state index in [-0.39, 0.29) is 0 Å². The molecule has 0 spiro atoms. The lowest BCUT2D eigenvalue weighted by atomic mass is 10.3. The summed E-state index contributed by atoms with van der Waals surface area (Å²) in [6.07, 6.45) is 2.67. The van der Waals surface area contributed by atoms with Crippen molar-refractivity contribution in [2.75, 3.05) is 24.7 Å². The highest BCUT2D eigenvalue weighted by atomic mass is 16.5. The third kappa shape index (κ3) is 2.71. The van der Waals surface area contributed by atoms with Gasteiger partial charge in [-0.2, -0.15) is 10.1 Å². The highest BCUT2D eigenvalue weighted by Crippen LogP contribution is 2.19. The first-order chi connectivity index (χ1) is 8.70. The van der Waals surface area contributed by atoms with Crippen molar-refractivity contribution in [1.29, 1.82) is 0 Å². The summed E-state index contributed by atoms with van der Waals surface area (Å²) in [5.74, 6) is 1.20. The number of methoxy groups -OCH3 is 1. The molecule has 2 aromatic rings. The highest BCUT2D eigenvalue weighted by Gasteiger charge is 2.03. The van der Waals surface area contributed by atoms with Gasteiger partial charge in [0.05, 0.1) is 12.8 Å². The first-order valence-corrected chi connectivity index (χ1v) is 5.72. The van der Waals surface area contributed by atoms with Crippen LogP contribution in [0.4, 0.5) is 11.5 Å². The molecule has 3 N–H and O–H groups in total. The van der Waals surface area contributed by atoms with E-state index < -0.39 is 0 Å². The van der Waals surface area contributed by atoms with E-state index >= 15 is 0 Å². The minimum absolute atomic E-state index is 0.445. The van der Waals surface area contributed by atoms with Crippen molar-refractivity contribution in [3.63, 3.8) is 0 Å². The third-order valence-corrected chi connectivity index (χ3v) is 2.69. The van der Waals surface area contributed by atoms with Gasteiger partial charge in [0.25, 0.3) is 0 Å². The van der Waals surface area contributed by atoms with E-state index in [1.807, 2.05) is 23.9 Å². The van der Waals surface area contributed by atoms with Crippen LogP contribution < -0.4 is 15.8 Å². The lowest BCUT2D eigenvalue weighted by Gasteiger charge is -2.08. The molecule has 0 radical (unpaired) electrons. The standard InChI is InChI=1S/C12H17N5O/c1-17-9(6-8-15-17)5-7-14-11-4-3-10(13)12(16-11)18-2/h3-4,6,8H,5,7,13H2,1-2H3,(H,14,16). The van der Waals surface area contributed by atoms with Gasteiger partial charge in [-0.3, -0.25) is 4.68 Å². The number of nitrogens with zero attached hydrogens (tertiary/aromatic N) is 3. The normalized spacial score (nSPS) is 10.3. The largest absolute Gasteiger partial charge is 0.479 e. The Labute approximate surface area is 106 Å². The van der Waals surface area contributed by atoms with Crippen LogP contribution in [-0.4, -0.2) is 28.4 Å². The molecule has 0 unspecified atom stereocenters. The molecular weight excluding hydrogens is 230 g/mol. The van der Waals surface area contributed by atoms with Crippen molar-refractivity contribution in [3.05, 3.63) is 30.1 Å². The molecule has 0 aromatic carbocycles. The lowest BCUT2D eigenvalue weighted by Crippen LogP contribution is -2.09. The molecule has 0 bridgehead atoms. The molecule has 0 atom stereocenters. The molecule has 0 aliphatic carbocycles. The fraction of sp³-hybridized carbons (Fsp3) is 0.333. The van der Waals surface area contributed by atoms with Gasteiger partial charge in [0.1, 0.15) is 5.82 Å². The van der Waals surface area contributed by atoms with Gasteiger partial charge in [0, 0.05) is 31.9 Å². The molecule has 2 rings (SSSR count). The Hall–Kier alpha value is -2.24. The fourth-order valence-electron chi connectivity index (χ4n) is 1.68. The second-order valence-electron chi connectivity index (χ2n) is 3.92. The third-order valence-electron chi connectivity index (χ3n) is 2.69. The number of pyridine rings is 1. The maximum absolute atomic E-state index is 5.70. The monoisotopic (exact) mass is 247 g/mol. The highest BCUT2D eigenvalue weighted by molar-refractivity contribution is 5.53. The Morgan fingerprint density at radius 1 is 1.39 bits per heavy atom. The SMILES string of the molecule is COc1nc(NCCc2ccnn2C)ccc1N. The molecular formula is C12H17N5O. The van der Waals surface area contributed by atoms with Crippen LogP contribution >= 0.6 is 0 Å². The van der Waals surface area contributed by atoms with E-state index in [9.17, 15) is 0 Å². The molecule has 0 amide bonds. The van der Waals surface area contributed by atoms with E-state index in [2.05, 4.69) is 15.4 Å². The zero-order valence-electron chi connectivity index (χ0n) is 10.6. The number of nitrogens with one attached hydrogen (secondary N) is 1. The number of anilines is 2. The summed E-state index contributed by atoms with van der Waals surface area (Å²) in [7, 11) is 3.48. The summed E-state index contributed by atoms with van der Waals surface area (Å²) in [5, 5.41) is 7.34. The minimum Gasteiger partial charge on any atom is -0.479 e. The summed E-state index contributed by atoms with van der Waals surface area (Å²) in [6, 6.07) is 5.61. The van der Waals surface area contributed by atoms with Crippen molar-refractivity contribution in [2.45, 2.75) is 6.42 Å². The van der Waals surface area contributed by atoms with Gasteiger partial charge >= 0.3 is 0 Å². The van der Waals surface area contributed by atoms with Crippen molar-refractivity contribution >= 4 is 11.5 Å². The van der Waals surface area contributed by atoms with Crippen LogP contribution in [0.25, 0.3) is 0 Å². The van der Waals surface area contributed by atoms with Gasteiger partial charge in [-0.25, -0.2) is 0 Å². The zero-order chi connectivity index (χ0) is 13.0. The summed E-state index contributed by atoms with van der Waals surface area (Å²) >= 11 is 0. The maximum Gasteiger partial charge on any atom is 0.238 e. The maximum atomic E-state index is 5.70. The summed E-state index contributed by atoms with van der Waals surface area (Å²) in [6.45, 7) is 0.777. The lowest BCUT2D eigenvalue weighted by molar-refractivity contribution is 0.401. The average molecular weight is 247 g/mol. The molecule has 0 aliphatic heterocycles. The molecule has 6 heteroatoms. The second kappa shape index (κ2) is 5.39. The van der Waals surface area contributed by atoms with Gasteiger partial charge in [0.15, 0.2) is 0 Å². The first-order valence-electron chi connectivity index (χ1n) is 5.72. The number of ether oxygens (including phenoxy) is 1. The first kappa shape index (κ1) is 12.2. The van der Waals surface area contributed by atoms with Gasteiger partial charge in [-0.05, 0) is 18.2 Å². The summed E-state index contributed by atoms with van der Waals surface area (Å²) < 4.78 is 6.93. The molecule has 0 saturated carbocycles. The Bertz CT molecular complexity index is 523. The van der Waals surface area contributed by atoms with Gasteiger partial charge in [-0.1, -0.05) is 0 Å². The topological polar surface area (TPSA) is 78.0 Å². The van der Waals surface area contributed by atoms with Crippen molar-refractivity contribution in [1.82, 2.24) is 14.8 Å². The van der Waals surface area contributed by atoms with E-state index in [0.717, 1.165) is 18.8 Å². The van der Waals surface area contributed by atoms with Crippen molar-refractivity contribution in [3.8, 4) is 5.88 Å². The molecule has 2 aromatic heterocycles. The molecule has 6 nitrogen and oxygen atoms in total. The Kier molecular flexibility index (Phi) is 3.66. The molecule has 0 aliphatic rings. The van der Waals surface area contributed by atoms with E-state index in [4.69, 9.17) is 10.5 Å². The van der Waals surface area contributed by atoms with Crippen molar-refractivity contribution < 1.29 is 4.74 Å². The zero-order valence-corrected chi connectivity index (χ0v) is 10.6. The van der Waals surface area contributed by atoms with Gasteiger partial charge in [-0.15, -0.1) is 0 Å². The van der Waals surface area contributed by atoms with E-state index in [1.54, 1.807) is 19.4 Å². The molecule has 0 fully saturated rings. The predicted octanol–water partition coefficient (Wildman–Crippen LogP) is 1.06. The number of aromatic nitrogens is 3. The quantitative estimate of drug-likeness (QED) is 0.826. The Balaban J connectivity index is 1.92. The number of nitrogen functional groups attached to an aromatic ring is 1. The van der Waals surface area contributed by atoms with Crippen molar-refractivity contribution in [2.24, 2.45) is 7.05 Å². The van der Waals surface area contributed by atoms with Crippen LogP contribution in [0.3, 0.4) is 0 Å². The number of hydrogen-bond donors (Lipinski definition) is 2. The van der Waals surface area contributed by atoms with Crippen LogP contribution in [-0.2, 0) is 13.5 Å². The fourth-order valence-corrected chi connectivity index (χ4v) is 1.68. The number of rotatable bonds is 5. The molecule has 0 saturated heterocycles. The molecule has 2 heterocycles. The van der Waals surface area contributed by atoms with E-state index in [0.29, 0.717) is 11.6 Å². The predicted molar refractivity (Wildman–Crippen MR) is 70.6 cm³/mol.